The molecule has 0 radical (unpaired) electrons. The second-order valence-corrected chi connectivity index (χ2v) is 7.92. The van der Waals surface area contributed by atoms with Crippen molar-refractivity contribution in [2.45, 2.75) is 19.6 Å². The van der Waals surface area contributed by atoms with E-state index in [9.17, 15) is 9.59 Å². The average Bonchev–Trinajstić information content (AvgIpc) is 3.50. The molecule has 1 atom stereocenters. The first-order valence-corrected chi connectivity index (χ1v) is 10.7. The van der Waals surface area contributed by atoms with Gasteiger partial charge < -0.3 is 10.1 Å². The fourth-order valence-electron chi connectivity index (χ4n) is 3.05. The number of hydrogen-bond donors (Lipinski definition) is 1. The Morgan fingerprint density at radius 3 is 2.61 bits per heavy atom. The summed E-state index contributed by atoms with van der Waals surface area (Å²) in [6.45, 7) is 2.11. The van der Waals surface area contributed by atoms with E-state index in [0.717, 1.165) is 10.6 Å². The van der Waals surface area contributed by atoms with Crippen molar-refractivity contribution in [1.82, 2.24) is 15.1 Å². The summed E-state index contributed by atoms with van der Waals surface area (Å²) < 4.78 is 7.50. The van der Waals surface area contributed by atoms with Crippen molar-refractivity contribution in [1.29, 1.82) is 0 Å². The molecule has 0 saturated carbocycles. The van der Waals surface area contributed by atoms with Crippen LogP contribution in [0.5, 0.6) is 5.75 Å². The summed E-state index contributed by atoms with van der Waals surface area (Å²) in [6, 6.07) is 20.4. The molecule has 0 aliphatic heterocycles. The first-order chi connectivity index (χ1) is 15.1. The number of hydrogen-bond acceptors (Lipinski definition) is 5. The van der Waals surface area contributed by atoms with Gasteiger partial charge in [-0.25, -0.2) is 4.68 Å². The fraction of sp³-hybridized carbons (Fsp3) is 0.125. The van der Waals surface area contributed by atoms with Crippen LogP contribution in [0.2, 0.25) is 0 Å². The van der Waals surface area contributed by atoms with Gasteiger partial charge in [0.15, 0.2) is 11.9 Å². The van der Waals surface area contributed by atoms with Crippen molar-refractivity contribution in [3.63, 3.8) is 0 Å². The third-order valence-electron chi connectivity index (χ3n) is 4.69. The minimum Gasteiger partial charge on any atom is -0.480 e. The number of amides is 1. The van der Waals surface area contributed by atoms with E-state index in [1.54, 1.807) is 53.4 Å². The molecule has 1 amide bonds. The summed E-state index contributed by atoms with van der Waals surface area (Å²) >= 11 is 1.58. The topological polar surface area (TPSA) is 73.2 Å². The van der Waals surface area contributed by atoms with Crippen LogP contribution in [-0.2, 0) is 11.3 Å². The Kier molecular flexibility index (Phi) is 6.24. The zero-order chi connectivity index (χ0) is 21.6. The largest absolute Gasteiger partial charge is 0.480 e. The summed E-state index contributed by atoms with van der Waals surface area (Å²) in [5, 5.41) is 9.11. The standard InChI is InChI=1S/C24H21N3O3S/c1-17(24(29)25-15-20-10-7-13-31-20)30-22-12-6-5-11-21(22)23(28)18-14-26-27(16-18)19-8-3-2-4-9-19/h2-14,16-17H,15H2,1H3,(H,25,29)/t17-/m1/s1. The third-order valence-corrected chi connectivity index (χ3v) is 5.56. The Morgan fingerprint density at radius 2 is 1.84 bits per heavy atom. The number of carbonyl (C=O) groups is 2. The molecule has 1 N–H and O–H groups in total. The fourth-order valence-corrected chi connectivity index (χ4v) is 3.69. The molecule has 0 spiro atoms. The molecule has 0 aliphatic rings. The van der Waals surface area contributed by atoms with Crippen LogP contribution in [0.4, 0.5) is 0 Å². The van der Waals surface area contributed by atoms with Gasteiger partial charge in [-0.15, -0.1) is 11.3 Å². The minimum atomic E-state index is -0.749. The number of nitrogens with one attached hydrogen (secondary N) is 1. The Hall–Kier alpha value is -3.71. The molecule has 4 rings (SSSR count). The number of carbonyl (C=O) groups excluding carboxylic acids is 2. The number of benzene rings is 2. The van der Waals surface area contributed by atoms with E-state index in [0.29, 0.717) is 23.4 Å². The summed E-state index contributed by atoms with van der Waals surface area (Å²) in [6.07, 6.45) is 2.47. The summed E-state index contributed by atoms with van der Waals surface area (Å²) in [5.74, 6) is -0.102. The molecule has 0 unspecified atom stereocenters. The quantitative estimate of drug-likeness (QED) is 0.423. The molecule has 2 heterocycles. The van der Waals surface area contributed by atoms with Crippen molar-refractivity contribution in [3.8, 4) is 11.4 Å². The van der Waals surface area contributed by atoms with Crippen LogP contribution < -0.4 is 10.1 Å². The highest BCUT2D eigenvalue weighted by Crippen LogP contribution is 2.23. The van der Waals surface area contributed by atoms with Crippen molar-refractivity contribution < 1.29 is 14.3 Å². The number of thiophene rings is 1. The number of rotatable bonds is 8. The van der Waals surface area contributed by atoms with Crippen LogP contribution >= 0.6 is 11.3 Å². The number of ether oxygens (including phenoxy) is 1. The lowest BCUT2D eigenvalue weighted by molar-refractivity contribution is -0.127. The van der Waals surface area contributed by atoms with Gasteiger partial charge in [0, 0.05) is 11.1 Å². The van der Waals surface area contributed by atoms with Crippen molar-refractivity contribution in [2.24, 2.45) is 0 Å². The normalized spacial score (nSPS) is 11.6. The summed E-state index contributed by atoms with van der Waals surface area (Å²) in [7, 11) is 0. The van der Waals surface area contributed by atoms with E-state index in [1.807, 2.05) is 47.8 Å². The first-order valence-electron chi connectivity index (χ1n) is 9.82. The molecule has 2 aromatic carbocycles. The van der Waals surface area contributed by atoms with Crippen molar-refractivity contribution in [3.05, 3.63) is 101 Å². The van der Waals surface area contributed by atoms with Crippen LogP contribution in [0.25, 0.3) is 5.69 Å². The molecule has 0 bridgehead atoms. The number of para-hydroxylation sites is 2. The monoisotopic (exact) mass is 431 g/mol. The predicted octanol–water partition coefficient (Wildman–Crippen LogP) is 4.25. The van der Waals surface area contributed by atoms with E-state index in [2.05, 4.69) is 10.4 Å². The maximum atomic E-state index is 13.1. The maximum Gasteiger partial charge on any atom is 0.261 e. The van der Waals surface area contributed by atoms with Crippen molar-refractivity contribution in [2.75, 3.05) is 0 Å². The van der Waals surface area contributed by atoms with E-state index in [-0.39, 0.29) is 11.7 Å². The van der Waals surface area contributed by atoms with Crippen LogP contribution in [0.3, 0.4) is 0 Å². The Bertz CT molecular complexity index is 1170. The van der Waals surface area contributed by atoms with Gasteiger partial charge in [0.2, 0.25) is 0 Å². The molecular weight excluding hydrogens is 410 g/mol. The lowest BCUT2D eigenvalue weighted by Gasteiger charge is -2.16. The molecule has 2 aromatic heterocycles. The molecule has 7 heteroatoms. The summed E-state index contributed by atoms with van der Waals surface area (Å²) in [4.78, 5) is 26.6. The Labute approximate surface area is 184 Å². The third kappa shape index (κ3) is 4.90. The van der Waals surface area contributed by atoms with Gasteiger partial charge in [0.1, 0.15) is 5.75 Å². The highest BCUT2D eigenvalue weighted by atomic mass is 32.1. The number of aromatic nitrogens is 2. The van der Waals surface area contributed by atoms with Crippen LogP contribution in [0, 0.1) is 0 Å². The van der Waals surface area contributed by atoms with E-state index in [4.69, 9.17) is 4.74 Å². The van der Waals surface area contributed by atoms with Crippen LogP contribution in [0.15, 0.2) is 84.5 Å². The maximum absolute atomic E-state index is 13.1. The second kappa shape index (κ2) is 9.40. The predicted molar refractivity (Wildman–Crippen MR) is 120 cm³/mol. The lowest BCUT2D eigenvalue weighted by Crippen LogP contribution is -2.36. The van der Waals surface area contributed by atoms with Gasteiger partial charge in [-0.1, -0.05) is 36.4 Å². The Balaban J connectivity index is 1.47. The highest BCUT2D eigenvalue weighted by molar-refractivity contribution is 7.09. The smallest absolute Gasteiger partial charge is 0.261 e. The zero-order valence-corrected chi connectivity index (χ0v) is 17.7. The molecule has 0 saturated heterocycles. The van der Waals surface area contributed by atoms with E-state index in [1.165, 1.54) is 6.20 Å². The molecule has 6 nitrogen and oxygen atoms in total. The molecule has 156 valence electrons. The van der Waals surface area contributed by atoms with Crippen LogP contribution in [0.1, 0.15) is 27.7 Å². The van der Waals surface area contributed by atoms with E-state index >= 15 is 0 Å². The molecular formula is C24H21N3O3S. The minimum absolute atomic E-state index is 0.219. The average molecular weight is 432 g/mol. The SMILES string of the molecule is C[C@@H](Oc1ccccc1C(=O)c1cnn(-c2ccccc2)c1)C(=O)NCc1cccs1. The second-order valence-electron chi connectivity index (χ2n) is 6.89. The van der Waals surface area contributed by atoms with Gasteiger partial charge in [-0.3, -0.25) is 9.59 Å². The van der Waals surface area contributed by atoms with Crippen molar-refractivity contribution >= 4 is 23.0 Å². The lowest BCUT2D eigenvalue weighted by atomic mass is 10.1. The number of nitrogens with zero attached hydrogens (tertiary/aromatic N) is 2. The van der Waals surface area contributed by atoms with Gasteiger partial charge in [0.05, 0.1) is 29.6 Å². The Morgan fingerprint density at radius 1 is 1.06 bits per heavy atom. The van der Waals surface area contributed by atoms with E-state index < -0.39 is 6.10 Å². The molecule has 0 fully saturated rings. The summed E-state index contributed by atoms with van der Waals surface area (Å²) in [5.41, 5.74) is 1.69. The number of ketones is 1. The van der Waals surface area contributed by atoms with Gasteiger partial charge >= 0.3 is 0 Å². The van der Waals surface area contributed by atoms with Gasteiger partial charge in [0.25, 0.3) is 5.91 Å². The highest BCUT2D eigenvalue weighted by Gasteiger charge is 2.20. The molecule has 0 aliphatic carbocycles. The first kappa shape index (κ1) is 20.6. The zero-order valence-electron chi connectivity index (χ0n) is 16.9. The van der Waals surface area contributed by atoms with Gasteiger partial charge in [-0.2, -0.15) is 5.10 Å². The van der Waals surface area contributed by atoms with Crippen LogP contribution in [-0.4, -0.2) is 27.6 Å². The molecule has 4 aromatic rings. The van der Waals surface area contributed by atoms with Gasteiger partial charge in [-0.05, 0) is 42.6 Å². The molecule has 31 heavy (non-hydrogen) atoms.